The molecule has 68 valence electrons. The Hall–Kier alpha value is -1.32. The fraction of sp³-hybridized carbons (Fsp3) is 0.500. The Balaban J connectivity index is 3.69. The Morgan fingerprint density at radius 2 is 1.92 bits per heavy atom. The second kappa shape index (κ2) is 5.35. The number of carbonyl (C=O) groups is 2. The molecule has 0 aliphatic rings. The highest BCUT2D eigenvalue weighted by Gasteiger charge is 2.11. The van der Waals surface area contributed by atoms with Crippen molar-refractivity contribution in [3.05, 3.63) is 12.3 Å². The van der Waals surface area contributed by atoms with E-state index in [0.717, 1.165) is 0 Å². The van der Waals surface area contributed by atoms with Crippen LogP contribution < -0.4 is 0 Å². The molecule has 0 saturated heterocycles. The minimum atomic E-state index is -0.638. The number of ether oxygens (including phenoxy) is 2. The van der Waals surface area contributed by atoms with E-state index < -0.39 is 11.9 Å². The summed E-state index contributed by atoms with van der Waals surface area (Å²) in [5, 5.41) is 0. The van der Waals surface area contributed by atoms with Gasteiger partial charge in [0.15, 0.2) is 0 Å². The van der Waals surface area contributed by atoms with E-state index in [2.05, 4.69) is 16.1 Å². The van der Waals surface area contributed by atoms with Crippen molar-refractivity contribution in [2.45, 2.75) is 20.3 Å². The van der Waals surface area contributed by atoms with Crippen LogP contribution in [0.15, 0.2) is 12.3 Å². The van der Waals surface area contributed by atoms with Crippen LogP contribution in [0.25, 0.3) is 0 Å². The first-order valence-electron chi connectivity index (χ1n) is 3.58. The van der Waals surface area contributed by atoms with Gasteiger partial charge in [-0.2, -0.15) is 0 Å². The number of esters is 2. The van der Waals surface area contributed by atoms with Crippen molar-refractivity contribution in [1.82, 2.24) is 0 Å². The van der Waals surface area contributed by atoms with Crippen LogP contribution in [0.3, 0.4) is 0 Å². The third kappa shape index (κ3) is 5.46. The predicted octanol–water partition coefficient (Wildman–Crippen LogP) is 1.02. The van der Waals surface area contributed by atoms with Crippen LogP contribution in [0.5, 0.6) is 0 Å². The molecule has 4 nitrogen and oxygen atoms in total. The van der Waals surface area contributed by atoms with Crippen LogP contribution in [-0.4, -0.2) is 18.5 Å². The monoisotopic (exact) mass is 172 g/mol. The Bertz CT molecular complexity index is 195. The molecule has 0 aromatic rings. The zero-order valence-corrected chi connectivity index (χ0v) is 7.25. The first kappa shape index (κ1) is 10.7. The average molecular weight is 172 g/mol. The summed E-state index contributed by atoms with van der Waals surface area (Å²) in [5.41, 5.74) is 0. The van der Waals surface area contributed by atoms with Crippen molar-refractivity contribution in [3.63, 3.8) is 0 Å². The van der Waals surface area contributed by atoms with Crippen LogP contribution >= 0.6 is 0 Å². The first-order chi connectivity index (χ1) is 5.56. The molecule has 0 N–H and O–H groups in total. The van der Waals surface area contributed by atoms with E-state index in [4.69, 9.17) is 0 Å². The molecule has 0 aliphatic carbocycles. The summed E-state index contributed by atoms with van der Waals surface area (Å²) >= 11 is 0. The van der Waals surface area contributed by atoms with Crippen molar-refractivity contribution < 1.29 is 19.1 Å². The van der Waals surface area contributed by atoms with Gasteiger partial charge in [0.05, 0.1) is 12.4 Å². The van der Waals surface area contributed by atoms with Crippen molar-refractivity contribution in [2.75, 3.05) is 6.61 Å². The number of hydrogen-bond acceptors (Lipinski definition) is 4. The summed E-state index contributed by atoms with van der Waals surface area (Å²) in [5.74, 6) is -0.950. The molecule has 0 bridgehead atoms. The van der Waals surface area contributed by atoms with E-state index in [0.29, 0.717) is 0 Å². The summed E-state index contributed by atoms with van der Waals surface area (Å²) in [6.45, 7) is 6.82. The van der Waals surface area contributed by atoms with Crippen LogP contribution in [0.1, 0.15) is 20.3 Å². The molecule has 0 amide bonds. The van der Waals surface area contributed by atoms with Crippen molar-refractivity contribution in [2.24, 2.45) is 0 Å². The lowest BCUT2D eigenvalue weighted by Gasteiger charge is -2.02. The lowest BCUT2D eigenvalue weighted by Crippen LogP contribution is -2.12. The van der Waals surface area contributed by atoms with E-state index in [1.807, 2.05) is 0 Å². The van der Waals surface area contributed by atoms with Crippen molar-refractivity contribution in [3.8, 4) is 0 Å². The van der Waals surface area contributed by atoms with Crippen molar-refractivity contribution >= 4 is 11.9 Å². The fourth-order valence-corrected chi connectivity index (χ4v) is 0.560. The topological polar surface area (TPSA) is 52.6 Å². The number of rotatable bonds is 4. The van der Waals surface area contributed by atoms with Gasteiger partial charge in [-0.25, -0.2) is 0 Å². The van der Waals surface area contributed by atoms with Gasteiger partial charge in [-0.15, -0.1) is 0 Å². The number of hydrogen-bond donors (Lipinski definition) is 0. The second-order valence-electron chi connectivity index (χ2n) is 2.16. The van der Waals surface area contributed by atoms with E-state index in [1.54, 1.807) is 6.92 Å². The smallest absolute Gasteiger partial charge is 0.322 e. The molecule has 0 aromatic heterocycles. The second-order valence-corrected chi connectivity index (χ2v) is 2.16. The summed E-state index contributed by atoms with van der Waals surface area (Å²) in [4.78, 5) is 21.4. The van der Waals surface area contributed by atoms with Gasteiger partial charge in [-0.1, -0.05) is 6.58 Å². The fourth-order valence-electron chi connectivity index (χ4n) is 0.560. The standard InChI is InChI=1S/C8H12O4/c1-4-11-7(9)5-8(10)12-6(2)3/h2,4-5H2,1,3H3. The molecule has 0 aliphatic heterocycles. The van der Waals surface area contributed by atoms with Gasteiger partial charge in [0.25, 0.3) is 0 Å². The third-order valence-corrected chi connectivity index (χ3v) is 0.882. The van der Waals surface area contributed by atoms with Gasteiger partial charge in [0, 0.05) is 0 Å². The lowest BCUT2D eigenvalue weighted by atomic mass is 10.4. The Labute approximate surface area is 71.2 Å². The Kier molecular flexibility index (Phi) is 4.76. The molecular weight excluding hydrogens is 160 g/mol. The van der Waals surface area contributed by atoms with Crippen LogP contribution in [0.2, 0.25) is 0 Å². The zero-order valence-electron chi connectivity index (χ0n) is 7.25. The third-order valence-electron chi connectivity index (χ3n) is 0.882. The quantitative estimate of drug-likeness (QED) is 0.361. The summed E-state index contributed by atoms with van der Waals surface area (Å²) in [7, 11) is 0. The van der Waals surface area contributed by atoms with Gasteiger partial charge >= 0.3 is 11.9 Å². The maximum Gasteiger partial charge on any atom is 0.322 e. The molecule has 0 spiro atoms. The van der Waals surface area contributed by atoms with Crippen LogP contribution in [-0.2, 0) is 19.1 Å². The average Bonchev–Trinajstić information content (AvgIpc) is 1.84. The molecule has 0 heterocycles. The summed E-state index contributed by atoms with van der Waals surface area (Å²) < 4.78 is 9.06. The molecular formula is C8H12O4. The number of carbonyl (C=O) groups excluding carboxylic acids is 2. The number of allylic oxidation sites excluding steroid dienone is 1. The SMILES string of the molecule is C=C(C)OC(=O)CC(=O)OCC. The molecule has 0 radical (unpaired) electrons. The lowest BCUT2D eigenvalue weighted by molar-refractivity contribution is -0.151. The van der Waals surface area contributed by atoms with Gasteiger partial charge in [-0.3, -0.25) is 9.59 Å². The minimum Gasteiger partial charge on any atom is -0.466 e. The molecule has 0 unspecified atom stereocenters. The Morgan fingerprint density at radius 3 is 2.33 bits per heavy atom. The highest BCUT2D eigenvalue weighted by atomic mass is 16.6. The van der Waals surface area contributed by atoms with E-state index in [1.165, 1.54) is 6.92 Å². The Morgan fingerprint density at radius 1 is 1.33 bits per heavy atom. The van der Waals surface area contributed by atoms with E-state index in [9.17, 15) is 9.59 Å². The molecule has 12 heavy (non-hydrogen) atoms. The minimum absolute atomic E-state index is 0.263. The normalized spacial score (nSPS) is 8.83. The van der Waals surface area contributed by atoms with E-state index in [-0.39, 0.29) is 18.8 Å². The summed E-state index contributed by atoms with van der Waals surface area (Å²) in [6.07, 6.45) is -0.360. The first-order valence-corrected chi connectivity index (χ1v) is 3.58. The van der Waals surface area contributed by atoms with Gasteiger partial charge in [0.1, 0.15) is 6.42 Å². The largest absolute Gasteiger partial charge is 0.466 e. The highest BCUT2D eigenvalue weighted by molar-refractivity contribution is 5.91. The van der Waals surface area contributed by atoms with Gasteiger partial charge in [-0.05, 0) is 13.8 Å². The molecule has 0 saturated carbocycles. The van der Waals surface area contributed by atoms with Crippen LogP contribution in [0.4, 0.5) is 0 Å². The molecule has 0 rings (SSSR count). The zero-order chi connectivity index (χ0) is 9.56. The summed E-state index contributed by atoms with van der Waals surface area (Å²) in [6, 6.07) is 0. The maximum absolute atomic E-state index is 10.8. The van der Waals surface area contributed by atoms with Gasteiger partial charge < -0.3 is 9.47 Å². The van der Waals surface area contributed by atoms with Gasteiger partial charge in [0.2, 0.25) is 0 Å². The maximum atomic E-state index is 10.8. The predicted molar refractivity (Wildman–Crippen MR) is 42.2 cm³/mol. The molecule has 0 atom stereocenters. The molecule has 0 aromatic carbocycles. The molecule has 0 fully saturated rings. The molecule has 4 heteroatoms. The van der Waals surface area contributed by atoms with Crippen LogP contribution in [0, 0.1) is 0 Å². The van der Waals surface area contributed by atoms with E-state index >= 15 is 0 Å². The highest BCUT2D eigenvalue weighted by Crippen LogP contribution is 1.96. The van der Waals surface area contributed by atoms with Crippen molar-refractivity contribution in [1.29, 1.82) is 0 Å².